The first-order chi connectivity index (χ1) is 10.1. The van der Waals surface area contributed by atoms with Crippen LogP contribution in [0.25, 0.3) is 0 Å². The van der Waals surface area contributed by atoms with Crippen molar-refractivity contribution in [3.8, 4) is 0 Å². The first-order valence-corrected chi connectivity index (χ1v) is 8.84. The molecule has 6 heteroatoms. The van der Waals surface area contributed by atoms with Crippen LogP contribution in [0.4, 0.5) is 0 Å². The van der Waals surface area contributed by atoms with E-state index in [0.717, 1.165) is 50.4 Å². The van der Waals surface area contributed by atoms with Crippen molar-refractivity contribution in [2.45, 2.75) is 40.5 Å². The molecule has 0 bridgehead atoms. The molecule has 0 radical (unpaired) electrons. The van der Waals surface area contributed by atoms with Crippen LogP contribution in [0.3, 0.4) is 0 Å². The monoisotopic (exact) mass is 436 g/mol. The molecule has 2 rings (SSSR count). The zero-order chi connectivity index (χ0) is 15.2. The molecule has 0 spiro atoms. The standard InChI is InChI=1S/C16H28N4S.HI/c1-5-17-16(20-10-12(2)8-13(3)11-20)18-7-6-15-19-9-14(4)21-15;/h9,12-13H,5-8,10-11H2,1-4H3,(H,17,18);1H. The number of aromatic nitrogens is 1. The van der Waals surface area contributed by atoms with Crippen molar-refractivity contribution in [1.29, 1.82) is 0 Å². The lowest BCUT2D eigenvalue weighted by Gasteiger charge is -2.37. The Labute approximate surface area is 155 Å². The van der Waals surface area contributed by atoms with Gasteiger partial charge < -0.3 is 10.2 Å². The summed E-state index contributed by atoms with van der Waals surface area (Å²) in [4.78, 5) is 12.9. The van der Waals surface area contributed by atoms with E-state index in [1.54, 1.807) is 11.3 Å². The number of aliphatic imine (C=N–C) groups is 1. The topological polar surface area (TPSA) is 40.5 Å². The lowest BCUT2D eigenvalue weighted by atomic mass is 9.92. The molecule has 1 aromatic heterocycles. The third-order valence-electron chi connectivity index (χ3n) is 3.76. The van der Waals surface area contributed by atoms with Crippen LogP contribution in [0.5, 0.6) is 0 Å². The third-order valence-corrected chi connectivity index (χ3v) is 4.73. The summed E-state index contributed by atoms with van der Waals surface area (Å²) in [5, 5.41) is 4.63. The molecule has 0 amide bonds. The van der Waals surface area contributed by atoms with Crippen LogP contribution in [0.15, 0.2) is 11.2 Å². The average Bonchev–Trinajstić information content (AvgIpc) is 2.82. The number of piperidine rings is 1. The van der Waals surface area contributed by atoms with Crippen LogP contribution in [0.2, 0.25) is 0 Å². The molecule has 2 unspecified atom stereocenters. The minimum atomic E-state index is 0. The fourth-order valence-electron chi connectivity index (χ4n) is 3.04. The molecule has 0 saturated carbocycles. The van der Waals surface area contributed by atoms with Gasteiger partial charge in [-0.05, 0) is 32.1 Å². The lowest BCUT2D eigenvalue weighted by Crippen LogP contribution is -2.48. The second kappa shape index (κ2) is 9.70. The van der Waals surface area contributed by atoms with Crippen molar-refractivity contribution in [3.63, 3.8) is 0 Å². The van der Waals surface area contributed by atoms with Gasteiger partial charge in [0.25, 0.3) is 0 Å². The maximum Gasteiger partial charge on any atom is 0.193 e. The lowest BCUT2D eigenvalue weighted by molar-refractivity contribution is 0.208. The van der Waals surface area contributed by atoms with Crippen molar-refractivity contribution in [2.24, 2.45) is 16.8 Å². The van der Waals surface area contributed by atoms with E-state index in [4.69, 9.17) is 4.99 Å². The molecular formula is C16H29IN4S. The van der Waals surface area contributed by atoms with Gasteiger partial charge in [-0.15, -0.1) is 35.3 Å². The van der Waals surface area contributed by atoms with Gasteiger partial charge in [0.1, 0.15) is 0 Å². The van der Waals surface area contributed by atoms with Crippen LogP contribution in [-0.4, -0.2) is 42.0 Å². The summed E-state index contributed by atoms with van der Waals surface area (Å²) in [6, 6.07) is 0. The van der Waals surface area contributed by atoms with Gasteiger partial charge in [0.05, 0.1) is 5.01 Å². The largest absolute Gasteiger partial charge is 0.357 e. The molecule has 1 saturated heterocycles. The van der Waals surface area contributed by atoms with E-state index >= 15 is 0 Å². The average molecular weight is 436 g/mol. The van der Waals surface area contributed by atoms with E-state index in [-0.39, 0.29) is 24.0 Å². The number of aryl methyl sites for hydroxylation is 1. The number of guanidine groups is 1. The molecule has 4 nitrogen and oxygen atoms in total. The SMILES string of the molecule is CCNC(=NCCc1ncc(C)s1)N1CC(C)CC(C)C1.I. The molecule has 1 N–H and O–H groups in total. The van der Waals surface area contributed by atoms with Crippen molar-refractivity contribution in [2.75, 3.05) is 26.2 Å². The van der Waals surface area contributed by atoms with Crippen LogP contribution < -0.4 is 5.32 Å². The Balaban J connectivity index is 0.00000242. The van der Waals surface area contributed by atoms with Gasteiger partial charge in [-0.2, -0.15) is 0 Å². The molecule has 1 aromatic rings. The fourth-order valence-corrected chi connectivity index (χ4v) is 3.81. The Kier molecular flexibility index (Phi) is 8.67. The highest BCUT2D eigenvalue weighted by Gasteiger charge is 2.23. The number of rotatable bonds is 4. The molecule has 1 fully saturated rings. The van der Waals surface area contributed by atoms with E-state index < -0.39 is 0 Å². The summed E-state index contributed by atoms with van der Waals surface area (Å²) in [7, 11) is 0. The smallest absolute Gasteiger partial charge is 0.193 e. The fraction of sp³-hybridized carbons (Fsp3) is 0.750. The van der Waals surface area contributed by atoms with Crippen molar-refractivity contribution < 1.29 is 0 Å². The molecule has 1 aliphatic rings. The quantitative estimate of drug-likeness (QED) is 0.446. The Morgan fingerprint density at radius 3 is 2.64 bits per heavy atom. The van der Waals surface area contributed by atoms with Crippen molar-refractivity contribution >= 4 is 41.3 Å². The van der Waals surface area contributed by atoms with E-state index in [2.05, 4.69) is 42.9 Å². The minimum Gasteiger partial charge on any atom is -0.357 e. The zero-order valence-electron chi connectivity index (χ0n) is 14.1. The van der Waals surface area contributed by atoms with Crippen LogP contribution in [0.1, 0.15) is 37.1 Å². The normalized spacial score (nSPS) is 22.4. The predicted molar refractivity (Wildman–Crippen MR) is 106 cm³/mol. The van der Waals surface area contributed by atoms with Gasteiger partial charge in [0, 0.05) is 43.7 Å². The van der Waals surface area contributed by atoms with Gasteiger partial charge in [-0.3, -0.25) is 4.99 Å². The third kappa shape index (κ3) is 6.02. The van der Waals surface area contributed by atoms with E-state index in [0.29, 0.717) is 0 Å². The summed E-state index contributed by atoms with van der Waals surface area (Å²) in [6.07, 6.45) is 4.21. The number of halogens is 1. The molecular weight excluding hydrogens is 407 g/mol. The van der Waals surface area contributed by atoms with Crippen LogP contribution in [0, 0.1) is 18.8 Å². The van der Waals surface area contributed by atoms with Gasteiger partial charge in [-0.1, -0.05) is 13.8 Å². The minimum absolute atomic E-state index is 0. The number of hydrogen-bond acceptors (Lipinski definition) is 3. The summed E-state index contributed by atoms with van der Waals surface area (Å²) >= 11 is 1.77. The van der Waals surface area contributed by atoms with Crippen LogP contribution >= 0.6 is 35.3 Å². The predicted octanol–water partition coefficient (Wildman–Crippen LogP) is 3.56. The summed E-state index contributed by atoms with van der Waals surface area (Å²) in [5.74, 6) is 2.57. The number of thiazole rings is 1. The second-order valence-electron chi connectivity index (χ2n) is 6.20. The second-order valence-corrected chi connectivity index (χ2v) is 7.52. The van der Waals surface area contributed by atoms with Crippen molar-refractivity contribution in [1.82, 2.24) is 15.2 Å². The molecule has 0 aromatic carbocycles. The van der Waals surface area contributed by atoms with Crippen molar-refractivity contribution in [3.05, 3.63) is 16.1 Å². The zero-order valence-corrected chi connectivity index (χ0v) is 17.3. The highest BCUT2D eigenvalue weighted by Crippen LogP contribution is 2.21. The van der Waals surface area contributed by atoms with Gasteiger partial charge >= 0.3 is 0 Å². The molecule has 1 aliphatic heterocycles. The Morgan fingerprint density at radius 2 is 2.09 bits per heavy atom. The Morgan fingerprint density at radius 1 is 1.41 bits per heavy atom. The number of nitrogens with zero attached hydrogens (tertiary/aromatic N) is 3. The number of nitrogens with one attached hydrogen (secondary N) is 1. The van der Waals surface area contributed by atoms with Gasteiger partial charge in [0.15, 0.2) is 5.96 Å². The molecule has 2 atom stereocenters. The molecule has 2 heterocycles. The maximum atomic E-state index is 4.81. The van der Waals surface area contributed by atoms with E-state index in [1.165, 1.54) is 16.3 Å². The van der Waals surface area contributed by atoms with Gasteiger partial charge in [0.2, 0.25) is 0 Å². The first kappa shape index (κ1) is 19.7. The summed E-state index contributed by atoms with van der Waals surface area (Å²) in [6.45, 7) is 12.9. The first-order valence-electron chi connectivity index (χ1n) is 8.03. The number of hydrogen-bond donors (Lipinski definition) is 1. The molecule has 0 aliphatic carbocycles. The summed E-state index contributed by atoms with van der Waals surface area (Å²) in [5.41, 5.74) is 0. The molecule has 126 valence electrons. The number of likely N-dealkylation sites (tertiary alicyclic amines) is 1. The Bertz CT molecular complexity index is 464. The highest BCUT2D eigenvalue weighted by atomic mass is 127. The van der Waals surface area contributed by atoms with E-state index in [9.17, 15) is 0 Å². The van der Waals surface area contributed by atoms with Crippen LogP contribution in [-0.2, 0) is 6.42 Å². The summed E-state index contributed by atoms with van der Waals surface area (Å²) < 4.78 is 0. The maximum absolute atomic E-state index is 4.81. The molecule has 22 heavy (non-hydrogen) atoms. The highest BCUT2D eigenvalue weighted by molar-refractivity contribution is 14.0. The van der Waals surface area contributed by atoms with E-state index in [1.807, 2.05) is 6.20 Å². The van der Waals surface area contributed by atoms with Gasteiger partial charge in [-0.25, -0.2) is 4.98 Å². The Hall–Kier alpha value is -0.370.